The van der Waals surface area contributed by atoms with Gasteiger partial charge in [-0.3, -0.25) is 0 Å². The van der Waals surface area contributed by atoms with Crippen LogP contribution in [0.3, 0.4) is 0 Å². The standard InChI is InChI=1S/C19H27NO3/c1-13-11-20(18(21)23-19(2,3)4)12-14-8-9-16(10-17(13)14)22-15-6-5-7-15/h8-10,13,15H,5-7,11-12H2,1-4H3. The molecule has 0 radical (unpaired) electrons. The molecule has 2 aliphatic rings. The van der Waals surface area contributed by atoms with Gasteiger partial charge in [-0.25, -0.2) is 4.79 Å². The van der Waals surface area contributed by atoms with Crippen LogP contribution in [0.25, 0.3) is 0 Å². The van der Waals surface area contributed by atoms with Crippen LogP contribution < -0.4 is 4.74 Å². The minimum Gasteiger partial charge on any atom is -0.490 e. The molecule has 1 heterocycles. The fourth-order valence-corrected chi connectivity index (χ4v) is 3.09. The molecule has 0 saturated heterocycles. The molecule has 1 fully saturated rings. The van der Waals surface area contributed by atoms with Crippen LogP contribution >= 0.6 is 0 Å². The van der Waals surface area contributed by atoms with Crippen LogP contribution in [0.15, 0.2) is 18.2 Å². The quantitative estimate of drug-likeness (QED) is 0.807. The van der Waals surface area contributed by atoms with Crippen molar-refractivity contribution in [2.24, 2.45) is 0 Å². The molecule has 1 unspecified atom stereocenters. The van der Waals surface area contributed by atoms with Crippen LogP contribution in [0.2, 0.25) is 0 Å². The summed E-state index contributed by atoms with van der Waals surface area (Å²) in [4.78, 5) is 14.1. The monoisotopic (exact) mass is 317 g/mol. The number of carbonyl (C=O) groups excluding carboxylic acids is 1. The van der Waals surface area contributed by atoms with Gasteiger partial charge >= 0.3 is 6.09 Å². The van der Waals surface area contributed by atoms with Crippen LogP contribution in [0.1, 0.15) is 64.0 Å². The molecule has 1 atom stereocenters. The smallest absolute Gasteiger partial charge is 0.410 e. The predicted octanol–water partition coefficient (Wildman–Crippen LogP) is 4.47. The van der Waals surface area contributed by atoms with E-state index in [1.54, 1.807) is 4.90 Å². The van der Waals surface area contributed by atoms with E-state index in [0.717, 1.165) is 5.75 Å². The van der Waals surface area contributed by atoms with Crippen LogP contribution in [-0.2, 0) is 11.3 Å². The number of hydrogen-bond donors (Lipinski definition) is 0. The third-order valence-corrected chi connectivity index (χ3v) is 4.51. The Morgan fingerprint density at radius 2 is 2.00 bits per heavy atom. The summed E-state index contributed by atoms with van der Waals surface area (Å²) < 4.78 is 11.5. The van der Waals surface area contributed by atoms with E-state index in [-0.39, 0.29) is 12.0 Å². The van der Waals surface area contributed by atoms with Crippen LogP contribution in [-0.4, -0.2) is 29.2 Å². The number of ether oxygens (including phenoxy) is 2. The fraction of sp³-hybridized carbons (Fsp3) is 0.632. The van der Waals surface area contributed by atoms with Gasteiger partial charge in [-0.15, -0.1) is 0 Å². The van der Waals surface area contributed by atoms with E-state index in [4.69, 9.17) is 9.47 Å². The van der Waals surface area contributed by atoms with E-state index < -0.39 is 5.60 Å². The number of benzene rings is 1. The number of rotatable bonds is 2. The highest BCUT2D eigenvalue weighted by Gasteiger charge is 2.29. The minimum absolute atomic E-state index is 0.232. The zero-order valence-corrected chi connectivity index (χ0v) is 14.6. The highest BCUT2D eigenvalue weighted by Crippen LogP contribution is 2.33. The number of amides is 1. The Morgan fingerprint density at radius 3 is 2.61 bits per heavy atom. The summed E-state index contributed by atoms with van der Waals surface area (Å²) in [5.41, 5.74) is 2.03. The van der Waals surface area contributed by atoms with Gasteiger partial charge in [-0.1, -0.05) is 13.0 Å². The highest BCUT2D eigenvalue weighted by molar-refractivity contribution is 5.69. The first-order valence-electron chi connectivity index (χ1n) is 8.59. The van der Waals surface area contributed by atoms with Crippen LogP contribution in [0, 0.1) is 0 Å². The summed E-state index contributed by atoms with van der Waals surface area (Å²) in [5.74, 6) is 1.25. The van der Waals surface area contributed by atoms with Crippen molar-refractivity contribution in [1.29, 1.82) is 0 Å². The molecule has 4 heteroatoms. The first-order chi connectivity index (χ1) is 10.8. The molecule has 0 bridgehead atoms. The topological polar surface area (TPSA) is 38.8 Å². The lowest BCUT2D eigenvalue weighted by atomic mass is 9.91. The minimum atomic E-state index is -0.457. The maximum atomic E-state index is 12.3. The molecule has 1 amide bonds. The lowest BCUT2D eigenvalue weighted by Gasteiger charge is -2.35. The van der Waals surface area contributed by atoms with Crippen molar-refractivity contribution < 1.29 is 14.3 Å². The number of hydrogen-bond acceptors (Lipinski definition) is 3. The van der Waals surface area contributed by atoms with E-state index in [2.05, 4.69) is 19.1 Å². The Hall–Kier alpha value is -1.71. The van der Waals surface area contributed by atoms with Gasteiger partial charge in [-0.05, 0) is 69.2 Å². The zero-order valence-electron chi connectivity index (χ0n) is 14.6. The van der Waals surface area contributed by atoms with Crippen molar-refractivity contribution >= 4 is 6.09 Å². The molecular weight excluding hydrogens is 290 g/mol. The second-order valence-corrected chi connectivity index (χ2v) is 7.79. The van der Waals surface area contributed by atoms with Gasteiger partial charge in [0, 0.05) is 13.1 Å². The number of nitrogens with zero attached hydrogens (tertiary/aromatic N) is 1. The van der Waals surface area contributed by atoms with Crippen LogP contribution in [0.5, 0.6) is 5.75 Å². The average Bonchev–Trinajstić information content (AvgIpc) is 2.41. The molecule has 3 rings (SSSR count). The molecule has 0 N–H and O–H groups in total. The van der Waals surface area contributed by atoms with Gasteiger partial charge < -0.3 is 14.4 Å². The third kappa shape index (κ3) is 3.80. The van der Waals surface area contributed by atoms with Gasteiger partial charge in [0.25, 0.3) is 0 Å². The van der Waals surface area contributed by atoms with E-state index in [1.165, 1.54) is 30.4 Å². The van der Waals surface area contributed by atoms with E-state index in [0.29, 0.717) is 19.2 Å². The first-order valence-corrected chi connectivity index (χ1v) is 8.59. The van der Waals surface area contributed by atoms with Gasteiger partial charge in [0.05, 0.1) is 6.10 Å². The van der Waals surface area contributed by atoms with Crippen molar-refractivity contribution in [3.8, 4) is 5.75 Å². The molecule has 23 heavy (non-hydrogen) atoms. The second-order valence-electron chi connectivity index (χ2n) is 7.79. The summed E-state index contributed by atoms with van der Waals surface area (Å²) in [7, 11) is 0. The van der Waals surface area contributed by atoms with E-state index in [9.17, 15) is 4.79 Å². The maximum Gasteiger partial charge on any atom is 0.410 e. The SMILES string of the molecule is CC1CN(C(=O)OC(C)(C)C)Cc2ccc(OC3CCC3)cc21. The first kappa shape index (κ1) is 16.2. The number of fused-ring (bicyclic) bond motifs is 1. The molecular formula is C19H27NO3. The largest absolute Gasteiger partial charge is 0.490 e. The Bertz CT molecular complexity index is 587. The Balaban J connectivity index is 1.71. The van der Waals surface area contributed by atoms with Crippen molar-refractivity contribution in [3.63, 3.8) is 0 Å². The van der Waals surface area contributed by atoms with Crippen LogP contribution in [0.4, 0.5) is 4.79 Å². The molecule has 0 spiro atoms. The fourth-order valence-electron chi connectivity index (χ4n) is 3.09. The normalized spacial score (nSPS) is 21.4. The summed E-state index contributed by atoms with van der Waals surface area (Å²) in [6.45, 7) is 9.15. The Kier molecular flexibility index (Phi) is 4.26. The lowest BCUT2D eigenvalue weighted by Crippen LogP contribution is -2.41. The van der Waals surface area contributed by atoms with Crippen molar-refractivity contribution in [1.82, 2.24) is 4.90 Å². The number of carbonyl (C=O) groups is 1. The molecule has 1 aromatic carbocycles. The highest BCUT2D eigenvalue weighted by atomic mass is 16.6. The van der Waals surface area contributed by atoms with Gasteiger partial charge in [0.1, 0.15) is 11.4 Å². The summed E-state index contributed by atoms with van der Waals surface area (Å²) in [6.07, 6.45) is 3.77. The predicted molar refractivity (Wildman–Crippen MR) is 89.8 cm³/mol. The van der Waals surface area contributed by atoms with Gasteiger partial charge in [0.2, 0.25) is 0 Å². The molecule has 1 saturated carbocycles. The molecule has 126 valence electrons. The van der Waals surface area contributed by atoms with Crippen molar-refractivity contribution in [2.45, 2.75) is 71.1 Å². The average molecular weight is 317 g/mol. The van der Waals surface area contributed by atoms with Gasteiger partial charge in [-0.2, -0.15) is 0 Å². The van der Waals surface area contributed by atoms with Gasteiger partial charge in [0.15, 0.2) is 0 Å². The van der Waals surface area contributed by atoms with E-state index >= 15 is 0 Å². The Morgan fingerprint density at radius 1 is 1.26 bits per heavy atom. The van der Waals surface area contributed by atoms with Crippen molar-refractivity contribution in [3.05, 3.63) is 29.3 Å². The molecule has 0 aromatic heterocycles. The second kappa shape index (κ2) is 6.06. The van der Waals surface area contributed by atoms with Crippen molar-refractivity contribution in [2.75, 3.05) is 6.54 Å². The zero-order chi connectivity index (χ0) is 16.6. The molecule has 1 aliphatic carbocycles. The molecule has 4 nitrogen and oxygen atoms in total. The molecule has 1 aliphatic heterocycles. The third-order valence-electron chi connectivity index (χ3n) is 4.51. The summed E-state index contributed by atoms with van der Waals surface area (Å²) in [6, 6.07) is 6.28. The Labute approximate surface area is 138 Å². The lowest BCUT2D eigenvalue weighted by molar-refractivity contribution is 0.0209. The summed E-state index contributed by atoms with van der Waals surface area (Å²) in [5, 5.41) is 0. The summed E-state index contributed by atoms with van der Waals surface area (Å²) >= 11 is 0. The molecule has 1 aromatic rings. The maximum absolute atomic E-state index is 12.3. The van der Waals surface area contributed by atoms with E-state index in [1.807, 2.05) is 26.8 Å².